The molecular formula is C18H26N4O2. The van der Waals surface area contributed by atoms with Gasteiger partial charge in [0, 0.05) is 25.7 Å². The third kappa shape index (κ3) is 4.13. The SMILES string of the molecule is CC(C)C[C@@H](CNc1nc2ccccc2c(=O)[nH]1)N1CCOCC1. The molecule has 0 bridgehead atoms. The van der Waals surface area contributed by atoms with E-state index in [0.29, 0.717) is 23.3 Å². The van der Waals surface area contributed by atoms with Gasteiger partial charge in [-0.05, 0) is 24.5 Å². The van der Waals surface area contributed by atoms with Crippen LogP contribution in [0.2, 0.25) is 0 Å². The van der Waals surface area contributed by atoms with Crippen molar-refractivity contribution in [3.05, 3.63) is 34.6 Å². The van der Waals surface area contributed by atoms with Gasteiger partial charge in [0.05, 0.1) is 24.1 Å². The summed E-state index contributed by atoms with van der Waals surface area (Å²) < 4.78 is 5.46. The molecule has 0 unspecified atom stereocenters. The van der Waals surface area contributed by atoms with E-state index in [1.807, 2.05) is 18.2 Å². The summed E-state index contributed by atoms with van der Waals surface area (Å²) >= 11 is 0. The number of aromatic amines is 1. The van der Waals surface area contributed by atoms with E-state index < -0.39 is 0 Å². The van der Waals surface area contributed by atoms with Crippen LogP contribution in [-0.4, -0.2) is 53.8 Å². The van der Waals surface area contributed by atoms with E-state index in [-0.39, 0.29) is 5.56 Å². The smallest absolute Gasteiger partial charge is 0.260 e. The molecule has 2 N–H and O–H groups in total. The molecule has 3 rings (SSSR count). The van der Waals surface area contributed by atoms with Crippen molar-refractivity contribution in [2.24, 2.45) is 5.92 Å². The Labute approximate surface area is 142 Å². The number of fused-ring (bicyclic) bond motifs is 1. The van der Waals surface area contributed by atoms with Gasteiger partial charge in [-0.15, -0.1) is 0 Å². The van der Waals surface area contributed by atoms with Gasteiger partial charge < -0.3 is 10.1 Å². The first-order valence-corrected chi connectivity index (χ1v) is 8.68. The number of para-hydroxylation sites is 1. The van der Waals surface area contributed by atoms with Gasteiger partial charge in [0.25, 0.3) is 5.56 Å². The summed E-state index contributed by atoms with van der Waals surface area (Å²) in [5.74, 6) is 1.16. The van der Waals surface area contributed by atoms with E-state index in [1.54, 1.807) is 6.07 Å². The molecule has 1 aliphatic heterocycles. The van der Waals surface area contributed by atoms with Crippen molar-refractivity contribution in [1.29, 1.82) is 0 Å². The number of anilines is 1. The molecule has 1 aromatic heterocycles. The molecule has 1 aromatic carbocycles. The Morgan fingerprint density at radius 1 is 1.29 bits per heavy atom. The average molecular weight is 330 g/mol. The number of hydrogen-bond acceptors (Lipinski definition) is 5. The van der Waals surface area contributed by atoms with Crippen molar-refractivity contribution in [1.82, 2.24) is 14.9 Å². The Kier molecular flexibility index (Phi) is 5.48. The van der Waals surface area contributed by atoms with Gasteiger partial charge >= 0.3 is 0 Å². The molecule has 2 heterocycles. The Balaban J connectivity index is 1.72. The van der Waals surface area contributed by atoms with Crippen LogP contribution in [-0.2, 0) is 4.74 Å². The number of aromatic nitrogens is 2. The Bertz CT molecular complexity index is 722. The quantitative estimate of drug-likeness (QED) is 0.849. The van der Waals surface area contributed by atoms with Crippen LogP contribution >= 0.6 is 0 Å². The van der Waals surface area contributed by atoms with Crippen molar-refractivity contribution in [2.45, 2.75) is 26.3 Å². The minimum absolute atomic E-state index is 0.102. The largest absolute Gasteiger partial charge is 0.379 e. The summed E-state index contributed by atoms with van der Waals surface area (Å²) in [4.78, 5) is 22.0. The number of ether oxygens (including phenoxy) is 1. The van der Waals surface area contributed by atoms with Crippen molar-refractivity contribution in [3.63, 3.8) is 0 Å². The van der Waals surface area contributed by atoms with Crippen LogP contribution in [0.4, 0.5) is 5.95 Å². The molecule has 2 aromatic rings. The van der Waals surface area contributed by atoms with Crippen LogP contribution < -0.4 is 10.9 Å². The second kappa shape index (κ2) is 7.77. The fourth-order valence-corrected chi connectivity index (χ4v) is 3.23. The predicted molar refractivity (Wildman–Crippen MR) is 96.5 cm³/mol. The minimum atomic E-state index is -0.102. The number of rotatable bonds is 6. The van der Waals surface area contributed by atoms with Crippen LogP contribution in [0.5, 0.6) is 0 Å². The zero-order chi connectivity index (χ0) is 16.9. The Morgan fingerprint density at radius 3 is 2.79 bits per heavy atom. The van der Waals surface area contributed by atoms with Gasteiger partial charge in [-0.3, -0.25) is 14.7 Å². The number of nitrogens with one attached hydrogen (secondary N) is 2. The molecule has 1 saturated heterocycles. The summed E-state index contributed by atoms with van der Waals surface area (Å²) in [6.45, 7) is 8.74. The topological polar surface area (TPSA) is 70.2 Å². The Morgan fingerprint density at radius 2 is 2.04 bits per heavy atom. The lowest BCUT2D eigenvalue weighted by Gasteiger charge is -2.35. The minimum Gasteiger partial charge on any atom is -0.379 e. The van der Waals surface area contributed by atoms with Gasteiger partial charge in [0.15, 0.2) is 0 Å². The maximum Gasteiger partial charge on any atom is 0.260 e. The lowest BCUT2D eigenvalue weighted by atomic mass is 10.0. The summed E-state index contributed by atoms with van der Waals surface area (Å²) in [7, 11) is 0. The number of hydrogen-bond donors (Lipinski definition) is 2. The van der Waals surface area contributed by atoms with E-state index >= 15 is 0 Å². The number of morpholine rings is 1. The van der Waals surface area contributed by atoms with E-state index in [4.69, 9.17) is 4.74 Å². The summed E-state index contributed by atoms with van der Waals surface area (Å²) in [5.41, 5.74) is 0.616. The highest BCUT2D eigenvalue weighted by Gasteiger charge is 2.22. The zero-order valence-electron chi connectivity index (χ0n) is 14.4. The van der Waals surface area contributed by atoms with Crippen LogP contribution in [0, 0.1) is 5.92 Å². The molecule has 1 atom stereocenters. The van der Waals surface area contributed by atoms with Gasteiger partial charge in [-0.25, -0.2) is 4.98 Å². The molecule has 130 valence electrons. The Hall–Kier alpha value is -1.92. The molecule has 1 aliphatic rings. The maximum atomic E-state index is 12.2. The van der Waals surface area contributed by atoms with E-state index in [0.717, 1.165) is 44.8 Å². The molecule has 0 spiro atoms. The second-order valence-corrected chi connectivity index (χ2v) is 6.74. The van der Waals surface area contributed by atoms with E-state index in [9.17, 15) is 4.79 Å². The first kappa shape index (κ1) is 16.9. The second-order valence-electron chi connectivity index (χ2n) is 6.74. The number of H-pyrrole nitrogens is 1. The number of benzene rings is 1. The van der Waals surface area contributed by atoms with E-state index in [1.165, 1.54) is 0 Å². The monoisotopic (exact) mass is 330 g/mol. The van der Waals surface area contributed by atoms with Gasteiger partial charge in [0.1, 0.15) is 0 Å². The average Bonchev–Trinajstić information content (AvgIpc) is 2.59. The molecule has 0 amide bonds. The van der Waals surface area contributed by atoms with Gasteiger partial charge in [-0.1, -0.05) is 26.0 Å². The van der Waals surface area contributed by atoms with Crippen molar-refractivity contribution in [3.8, 4) is 0 Å². The first-order chi connectivity index (χ1) is 11.6. The highest BCUT2D eigenvalue weighted by molar-refractivity contribution is 5.78. The lowest BCUT2D eigenvalue weighted by molar-refractivity contribution is 0.0150. The first-order valence-electron chi connectivity index (χ1n) is 8.68. The third-order valence-corrected chi connectivity index (χ3v) is 4.42. The van der Waals surface area contributed by atoms with Gasteiger partial charge in [0.2, 0.25) is 5.95 Å². The fourth-order valence-electron chi connectivity index (χ4n) is 3.23. The molecule has 0 aliphatic carbocycles. The van der Waals surface area contributed by atoms with Crippen LogP contribution in [0.25, 0.3) is 10.9 Å². The highest BCUT2D eigenvalue weighted by Crippen LogP contribution is 2.15. The molecule has 24 heavy (non-hydrogen) atoms. The molecule has 6 nitrogen and oxygen atoms in total. The highest BCUT2D eigenvalue weighted by atomic mass is 16.5. The molecular weight excluding hydrogens is 304 g/mol. The summed E-state index contributed by atoms with van der Waals surface area (Å²) in [6.07, 6.45) is 1.10. The molecule has 0 radical (unpaired) electrons. The maximum absolute atomic E-state index is 12.2. The third-order valence-electron chi connectivity index (χ3n) is 4.42. The normalized spacial score (nSPS) is 17.3. The molecule has 6 heteroatoms. The number of nitrogens with zero attached hydrogens (tertiary/aromatic N) is 2. The summed E-state index contributed by atoms with van der Waals surface area (Å²) in [5, 5.41) is 3.95. The van der Waals surface area contributed by atoms with Crippen LogP contribution in [0.15, 0.2) is 29.1 Å². The molecule has 0 saturated carbocycles. The van der Waals surface area contributed by atoms with Crippen molar-refractivity contribution in [2.75, 3.05) is 38.2 Å². The van der Waals surface area contributed by atoms with Crippen LogP contribution in [0.3, 0.4) is 0 Å². The van der Waals surface area contributed by atoms with Crippen LogP contribution in [0.1, 0.15) is 20.3 Å². The summed E-state index contributed by atoms with van der Waals surface area (Å²) in [6, 6.07) is 7.81. The lowest BCUT2D eigenvalue weighted by Crippen LogP contribution is -2.47. The zero-order valence-corrected chi connectivity index (χ0v) is 14.4. The van der Waals surface area contributed by atoms with E-state index in [2.05, 4.69) is 34.0 Å². The van der Waals surface area contributed by atoms with Crippen molar-refractivity contribution >= 4 is 16.9 Å². The van der Waals surface area contributed by atoms with Gasteiger partial charge in [-0.2, -0.15) is 0 Å². The predicted octanol–water partition coefficient (Wildman–Crippen LogP) is 2.08. The van der Waals surface area contributed by atoms with Crippen molar-refractivity contribution < 1.29 is 4.74 Å². The molecule has 1 fully saturated rings. The standard InChI is InChI=1S/C18H26N4O2/c1-13(2)11-14(22-7-9-24-10-8-22)12-19-18-20-16-6-4-3-5-15(16)17(23)21-18/h3-6,13-14H,7-12H2,1-2H3,(H2,19,20,21,23)/t14-/m0/s1. The fraction of sp³-hybridized carbons (Fsp3) is 0.556.